The third kappa shape index (κ3) is 2.54. The van der Waals surface area contributed by atoms with Crippen LogP contribution in [0.2, 0.25) is 0 Å². The lowest BCUT2D eigenvalue weighted by Crippen LogP contribution is -2.68. The van der Waals surface area contributed by atoms with E-state index in [9.17, 15) is 0 Å². The van der Waals surface area contributed by atoms with Gasteiger partial charge in [-0.15, -0.1) is 0 Å². The van der Waals surface area contributed by atoms with Crippen molar-refractivity contribution >= 4 is 0 Å². The van der Waals surface area contributed by atoms with Crippen molar-refractivity contribution in [1.82, 2.24) is 4.90 Å². The minimum atomic E-state index is 0.194. The fraction of sp³-hybridized carbons (Fsp3) is 1.00. The Kier molecular flexibility index (Phi) is 2.99. The van der Waals surface area contributed by atoms with Crippen LogP contribution in [0.5, 0.6) is 0 Å². The number of hydrogen-bond donors (Lipinski definition) is 1. The van der Waals surface area contributed by atoms with E-state index in [1.165, 1.54) is 0 Å². The third-order valence-electron chi connectivity index (χ3n) is 3.40. The lowest BCUT2D eigenvalue weighted by Gasteiger charge is -2.60. The normalized spacial score (nSPS) is 28.0. The number of nitrogens with zero attached hydrogens (tertiary/aromatic N) is 1. The molecule has 0 saturated carbocycles. The van der Waals surface area contributed by atoms with E-state index in [0.717, 1.165) is 12.8 Å². The standard InChI is InChI=1S/C13H28N2/c1-11(2,3)15-12(4,5)8-10(14)9-13(15,6)7/h10H,8-9,14H2,1-7H3. The molecule has 1 fully saturated rings. The van der Waals surface area contributed by atoms with Crippen LogP contribution in [0.1, 0.15) is 61.3 Å². The molecule has 2 nitrogen and oxygen atoms in total. The van der Waals surface area contributed by atoms with Crippen molar-refractivity contribution in [3.63, 3.8) is 0 Å². The summed E-state index contributed by atoms with van der Waals surface area (Å²) in [6, 6.07) is 0.341. The molecular formula is C13H28N2. The Morgan fingerprint density at radius 2 is 1.33 bits per heavy atom. The molecule has 1 heterocycles. The van der Waals surface area contributed by atoms with Crippen molar-refractivity contribution in [2.75, 3.05) is 0 Å². The van der Waals surface area contributed by atoms with E-state index in [2.05, 4.69) is 53.4 Å². The first-order valence-corrected chi connectivity index (χ1v) is 6.03. The van der Waals surface area contributed by atoms with Gasteiger partial charge in [-0.1, -0.05) is 0 Å². The largest absolute Gasteiger partial charge is 0.328 e. The van der Waals surface area contributed by atoms with Gasteiger partial charge in [0.2, 0.25) is 0 Å². The summed E-state index contributed by atoms with van der Waals surface area (Å²) >= 11 is 0. The highest BCUT2D eigenvalue weighted by molar-refractivity contribution is 5.05. The van der Waals surface area contributed by atoms with E-state index in [1.54, 1.807) is 0 Å². The first-order valence-electron chi connectivity index (χ1n) is 6.03. The maximum absolute atomic E-state index is 6.16. The zero-order valence-corrected chi connectivity index (χ0v) is 11.5. The van der Waals surface area contributed by atoms with Gasteiger partial charge in [-0.2, -0.15) is 0 Å². The molecule has 0 amide bonds. The zero-order valence-electron chi connectivity index (χ0n) is 11.5. The van der Waals surface area contributed by atoms with Crippen LogP contribution >= 0.6 is 0 Å². The monoisotopic (exact) mass is 212 g/mol. The van der Waals surface area contributed by atoms with Crippen LogP contribution in [-0.4, -0.2) is 27.6 Å². The Bertz CT molecular complexity index is 217. The van der Waals surface area contributed by atoms with Crippen LogP contribution in [0.25, 0.3) is 0 Å². The lowest BCUT2D eigenvalue weighted by molar-refractivity contribution is -0.0952. The van der Waals surface area contributed by atoms with Crippen molar-refractivity contribution < 1.29 is 0 Å². The van der Waals surface area contributed by atoms with Crippen molar-refractivity contribution in [3.8, 4) is 0 Å². The highest BCUT2D eigenvalue weighted by atomic mass is 15.3. The van der Waals surface area contributed by atoms with Crippen molar-refractivity contribution in [1.29, 1.82) is 0 Å². The molecule has 0 radical (unpaired) electrons. The molecule has 0 unspecified atom stereocenters. The Balaban J connectivity index is 3.09. The van der Waals surface area contributed by atoms with Gasteiger partial charge in [-0.25, -0.2) is 0 Å². The van der Waals surface area contributed by atoms with Gasteiger partial charge in [0.05, 0.1) is 0 Å². The molecule has 0 spiro atoms. The maximum atomic E-state index is 6.16. The van der Waals surface area contributed by atoms with Crippen LogP contribution in [0.15, 0.2) is 0 Å². The minimum absolute atomic E-state index is 0.194. The van der Waals surface area contributed by atoms with Gasteiger partial charge >= 0.3 is 0 Å². The third-order valence-corrected chi connectivity index (χ3v) is 3.40. The molecule has 1 rings (SSSR count). The molecule has 90 valence electrons. The van der Waals surface area contributed by atoms with Gasteiger partial charge in [0.15, 0.2) is 0 Å². The maximum Gasteiger partial charge on any atom is 0.0178 e. The predicted octanol–water partition coefficient (Wildman–Crippen LogP) is 2.77. The van der Waals surface area contributed by atoms with Gasteiger partial charge in [0.25, 0.3) is 0 Å². The Labute approximate surface area is 95.2 Å². The van der Waals surface area contributed by atoms with Crippen molar-refractivity contribution in [2.24, 2.45) is 5.73 Å². The van der Waals surface area contributed by atoms with Crippen LogP contribution in [0.4, 0.5) is 0 Å². The van der Waals surface area contributed by atoms with Crippen LogP contribution in [-0.2, 0) is 0 Å². The fourth-order valence-corrected chi connectivity index (χ4v) is 4.17. The van der Waals surface area contributed by atoms with Gasteiger partial charge in [0.1, 0.15) is 0 Å². The summed E-state index contributed by atoms with van der Waals surface area (Å²) in [5, 5.41) is 0. The zero-order chi connectivity index (χ0) is 12.1. The molecule has 0 aromatic heterocycles. The van der Waals surface area contributed by atoms with Crippen molar-refractivity contribution in [2.45, 2.75) is 84.0 Å². The molecule has 0 atom stereocenters. The molecule has 2 heteroatoms. The number of likely N-dealkylation sites (tertiary alicyclic amines) is 1. The van der Waals surface area contributed by atoms with E-state index in [-0.39, 0.29) is 16.6 Å². The Morgan fingerprint density at radius 1 is 1.00 bits per heavy atom. The average Bonchev–Trinajstić information content (AvgIpc) is 1.71. The summed E-state index contributed by atoms with van der Waals surface area (Å²) in [6.07, 6.45) is 2.18. The second-order valence-electron chi connectivity index (χ2n) is 7.30. The summed E-state index contributed by atoms with van der Waals surface area (Å²) in [6.45, 7) is 16.2. The molecule has 1 saturated heterocycles. The minimum Gasteiger partial charge on any atom is -0.328 e. The molecule has 1 aliphatic rings. The molecule has 0 aromatic rings. The molecule has 15 heavy (non-hydrogen) atoms. The molecule has 2 N–H and O–H groups in total. The predicted molar refractivity (Wildman–Crippen MR) is 67.0 cm³/mol. The highest BCUT2D eigenvalue weighted by Crippen LogP contribution is 2.42. The number of rotatable bonds is 0. The molecular weight excluding hydrogens is 184 g/mol. The second kappa shape index (κ2) is 3.46. The van der Waals surface area contributed by atoms with Crippen molar-refractivity contribution in [3.05, 3.63) is 0 Å². The van der Waals surface area contributed by atoms with Gasteiger partial charge in [-0.05, 0) is 61.3 Å². The first-order chi connectivity index (χ1) is 6.47. The summed E-state index contributed by atoms with van der Waals surface area (Å²) in [7, 11) is 0. The number of nitrogens with two attached hydrogens (primary N) is 1. The van der Waals surface area contributed by atoms with Gasteiger partial charge < -0.3 is 5.73 Å². The Hall–Kier alpha value is -0.0800. The number of piperidine rings is 1. The molecule has 0 aliphatic carbocycles. The van der Waals surface area contributed by atoms with E-state index in [1.807, 2.05) is 0 Å². The van der Waals surface area contributed by atoms with Crippen LogP contribution < -0.4 is 5.73 Å². The fourth-order valence-electron chi connectivity index (χ4n) is 4.17. The lowest BCUT2D eigenvalue weighted by atomic mass is 9.74. The van der Waals surface area contributed by atoms with E-state index >= 15 is 0 Å². The molecule has 0 bridgehead atoms. The van der Waals surface area contributed by atoms with Crippen LogP contribution in [0, 0.1) is 0 Å². The topological polar surface area (TPSA) is 29.3 Å². The molecule has 1 aliphatic heterocycles. The van der Waals surface area contributed by atoms with E-state index < -0.39 is 0 Å². The Morgan fingerprint density at radius 3 is 1.60 bits per heavy atom. The first kappa shape index (κ1) is 13.0. The quantitative estimate of drug-likeness (QED) is 0.669. The smallest absolute Gasteiger partial charge is 0.0178 e. The average molecular weight is 212 g/mol. The van der Waals surface area contributed by atoms with E-state index in [0.29, 0.717) is 6.04 Å². The summed E-state index contributed by atoms with van der Waals surface area (Å²) < 4.78 is 0. The van der Waals surface area contributed by atoms with Crippen LogP contribution in [0.3, 0.4) is 0 Å². The summed E-state index contributed by atoms with van der Waals surface area (Å²) in [4.78, 5) is 2.64. The molecule has 0 aromatic carbocycles. The van der Waals surface area contributed by atoms with Gasteiger partial charge in [-0.3, -0.25) is 4.90 Å². The highest BCUT2D eigenvalue weighted by Gasteiger charge is 2.48. The summed E-state index contributed by atoms with van der Waals surface area (Å²) in [5.41, 5.74) is 6.75. The van der Waals surface area contributed by atoms with Gasteiger partial charge in [0, 0.05) is 22.7 Å². The second-order valence-corrected chi connectivity index (χ2v) is 7.30. The number of hydrogen-bond acceptors (Lipinski definition) is 2. The summed E-state index contributed by atoms with van der Waals surface area (Å²) in [5.74, 6) is 0. The van der Waals surface area contributed by atoms with E-state index in [4.69, 9.17) is 5.73 Å². The SMILES string of the molecule is CC(C)(C)N1C(C)(C)CC(N)CC1(C)C.